The van der Waals surface area contributed by atoms with Crippen LogP contribution in [0.4, 0.5) is 0 Å². The molecule has 2 N–H and O–H groups in total. The van der Waals surface area contributed by atoms with Crippen LogP contribution in [0.25, 0.3) is 0 Å². The first-order valence-electron chi connectivity index (χ1n) is 6.31. The predicted molar refractivity (Wildman–Crippen MR) is 75.8 cm³/mol. The third-order valence-electron chi connectivity index (χ3n) is 2.95. The predicted octanol–water partition coefficient (Wildman–Crippen LogP) is 2.91. The van der Waals surface area contributed by atoms with Crippen molar-refractivity contribution in [2.45, 2.75) is 39.3 Å². The molecule has 0 saturated heterocycles. The Morgan fingerprint density at radius 1 is 1.39 bits per heavy atom. The third kappa shape index (κ3) is 5.07. The topological polar surface area (TPSA) is 41.1 Å². The van der Waals surface area contributed by atoms with Crippen LogP contribution in [-0.4, -0.2) is 18.5 Å². The maximum atomic E-state index is 11.7. The molecule has 100 valence electrons. The highest BCUT2D eigenvalue weighted by Crippen LogP contribution is 2.16. The van der Waals surface area contributed by atoms with Crippen LogP contribution in [-0.2, 0) is 4.79 Å². The third-order valence-corrected chi connectivity index (χ3v) is 3.18. The quantitative estimate of drug-likeness (QED) is 0.833. The maximum Gasteiger partial charge on any atom is 0.234 e. The zero-order chi connectivity index (χ0) is 13.5. The van der Waals surface area contributed by atoms with Crippen molar-refractivity contribution in [2.75, 3.05) is 6.54 Å². The van der Waals surface area contributed by atoms with Gasteiger partial charge < -0.3 is 10.6 Å². The van der Waals surface area contributed by atoms with Crippen molar-refractivity contribution < 1.29 is 4.79 Å². The minimum Gasteiger partial charge on any atom is -0.348 e. The zero-order valence-electron chi connectivity index (χ0n) is 11.2. The van der Waals surface area contributed by atoms with Crippen molar-refractivity contribution in [3.05, 3.63) is 34.9 Å². The number of amides is 1. The first kappa shape index (κ1) is 15.0. The summed E-state index contributed by atoms with van der Waals surface area (Å²) in [7, 11) is 0. The van der Waals surface area contributed by atoms with Gasteiger partial charge in [0.25, 0.3) is 0 Å². The van der Waals surface area contributed by atoms with E-state index in [2.05, 4.69) is 24.5 Å². The van der Waals surface area contributed by atoms with Crippen LogP contribution >= 0.6 is 11.6 Å². The van der Waals surface area contributed by atoms with Crippen molar-refractivity contribution in [3.8, 4) is 0 Å². The Kier molecular flexibility index (Phi) is 6.16. The number of rotatable bonds is 6. The minimum absolute atomic E-state index is 0.00257. The summed E-state index contributed by atoms with van der Waals surface area (Å²) >= 11 is 5.92. The summed E-state index contributed by atoms with van der Waals surface area (Å²) in [5, 5.41) is 6.79. The van der Waals surface area contributed by atoms with Crippen molar-refractivity contribution in [1.29, 1.82) is 0 Å². The number of hydrogen-bond donors (Lipinski definition) is 2. The van der Waals surface area contributed by atoms with Gasteiger partial charge in [-0.05, 0) is 38.0 Å². The summed E-state index contributed by atoms with van der Waals surface area (Å²) in [6.07, 6.45) is 1.01. The Bertz CT molecular complexity index is 395. The monoisotopic (exact) mass is 268 g/mol. The average molecular weight is 269 g/mol. The highest BCUT2D eigenvalue weighted by molar-refractivity contribution is 6.30. The second-order valence-electron chi connectivity index (χ2n) is 4.53. The van der Waals surface area contributed by atoms with Gasteiger partial charge >= 0.3 is 0 Å². The molecule has 0 fully saturated rings. The molecule has 0 aliphatic heterocycles. The molecule has 1 unspecified atom stereocenters. The molecule has 0 spiro atoms. The molecule has 3 nitrogen and oxygen atoms in total. The number of carbonyl (C=O) groups excluding carboxylic acids is 1. The standard InChI is InChI=1S/C14H21ClN2O/c1-4-10(2)16-9-14(18)17-11(3)12-6-5-7-13(15)8-12/h5-8,10-11,16H,4,9H2,1-3H3,(H,17,18)/t10?,11-/m1/s1. The molecule has 0 heterocycles. The van der Waals surface area contributed by atoms with E-state index in [4.69, 9.17) is 11.6 Å². The van der Waals surface area contributed by atoms with Crippen molar-refractivity contribution in [3.63, 3.8) is 0 Å². The molecule has 0 aliphatic carbocycles. The van der Waals surface area contributed by atoms with Crippen LogP contribution in [0.3, 0.4) is 0 Å². The van der Waals surface area contributed by atoms with Crippen LogP contribution in [0.2, 0.25) is 5.02 Å². The fraction of sp³-hybridized carbons (Fsp3) is 0.500. The normalized spacial score (nSPS) is 14.0. The molecule has 0 saturated carbocycles. The van der Waals surface area contributed by atoms with E-state index < -0.39 is 0 Å². The molecule has 2 atom stereocenters. The number of hydrogen-bond acceptors (Lipinski definition) is 2. The van der Waals surface area contributed by atoms with E-state index in [9.17, 15) is 4.79 Å². The van der Waals surface area contributed by atoms with E-state index in [1.165, 1.54) is 0 Å². The van der Waals surface area contributed by atoms with Gasteiger partial charge in [0.1, 0.15) is 0 Å². The average Bonchev–Trinajstić information content (AvgIpc) is 2.35. The molecule has 1 aromatic rings. The second kappa shape index (κ2) is 7.39. The maximum absolute atomic E-state index is 11.7. The highest BCUT2D eigenvalue weighted by Gasteiger charge is 2.10. The van der Waals surface area contributed by atoms with E-state index in [1.807, 2.05) is 31.2 Å². The Morgan fingerprint density at radius 2 is 2.11 bits per heavy atom. The molecule has 1 rings (SSSR count). The molecular weight excluding hydrogens is 248 g/mol. The van der Waals surface area contributed by atoms with Gasteiger partial charge in [-0.25, -0.2) is 0 Å². The van der Waals surface area contributed by atoms with Gasteiger partial charge in [0.05, 0.1) is 12.6 Å². The molecule has 1 amide bonds. The van der Waals surface area contributed by atoms with Gasteiger partial charge in [-0.15, -0.1) is 0 Å². The lowest BCUT2D eigenvalue weighted by atomic mass is 10.1. The first-order chi connectivity index (χ1) is 8.52. The molecule has 0 aliphatic rings. The SMILES string of the molecule is CCC(C)NCC(=O)N[C@H](C)c1cccc(Cl)c1. The Labute approximate surface area is 114 Å². The molecule has 0 aromatic heterocycles. The molecule has 0 radical (unpaired) electrons. The number of carbonyl (C=O) groups is 1. The van der Waals surface area contributed by atoms with E-state index in [1.54, 1.807) is 0 Å². The lowest BCUT2D eigenvalue weighted by Crippen LogP contribution is -2.38. The fourth-order valence-corrected chi connectivity index (χ4v) is 1.76. The van der Waals surface area contributed by atoms with Crippen LogP contribution in [0.5, 0.6) is 0 Å². The lowest BCUT2D eigenvalue weighted by molar-refractivity contribution is -0.121. The van der Waals surface area contributed by atoms with E-state index in [0.29, 0.717) is 17.6 Å². The summed E-state index contributed by atoms with van der Waals surface area (Å²) in [5.74, 6) is 0.00257. The summed E-state index contributed by atoms with van der Waals surface area (Å²) in [4.78, 5) is 11.7. The summed E-state index contributed by atoms with van der Waals surface area (Å²) in [6, 6.07) is 7.86. The zero-order valence-corrected chi connectivity index (χ0v) is 11.9. The molecule has 0 bridgehead atoms. The van der Waals surface area contributed by atoms with Gasteiger partial charge in [-0.1, -0.05) is 30.7 Å². The highest BCUT2D eigenvalue weighted by atomic mass is 35.5. The smallest absolute Gasteiger partial charge is 0.234 e. The summed E-state index contributed by atoms with van der Waals surface area (Å²) in [6.45, 7) is 6.45. The van der Waals surface area contributed by atoms with Crippen molar-refractivity contribution in [1.82, 2.24) is 10.6 Å². The number of benzene rings is 1. The van der Waals surface area contributed by atoms with Crippen LogP contribution < -0.4 is 10.6 Å². The van der Waals surface area contributed by atoms with Crippen LogP contribution in [0, 0.1) is 0 Å². The molecule has 1 aromatic carbocycles. The molecule has 18 heavy (non-hydrogen) atoms. The van der Waals surface area contributed by atoms with Gasteiger partial charge in [-0.2, -0.15) is 0 Å². The lowest BCUT2D eigenvalue weighted by Gasteiger charge is -2.16. The van der Waals surface area contributed by atoms with E-state index >= 15 is 0 Å². The van der Waals surface area contributed by atoms with E-state index in [-0.39, 0.29) is 11.9 Å². The summed E-state index contributed by atoms with van der Waals surface area (Å²) < 4.78 is 0. The van der Waals surface area contributed by atoms with Gasteiger partial charge in [0.15, 0.2) is 0 Å². The van der Waals surface area contributed by atoms with Gasteiger partial charge in [-0.3, -0.25) is 4.79 Å². The Morgan fingerprint density at radius 3 is 2.72 bits per heavy atom. The van der Waals surface area contributed by atoms with Crippen molar-refractivity contribution >= 4 is 17.5 Å². The molecular formula is C14H21ClN2O. The number of nitrogens with one attached hydrogen (secondary N) is 2. The van der Waals surface area contributed by atoms with E-state index in [0.717, 1.165) is 12.0 Å². The largest absolute Gasteiger partial charge is 0.348 e. The molecule has 4 heteroatoms. The van der Waals surface area contributed by atoms with Crippen molar-refractivity contribution in [2.24, 2.45) is 0 Å². The second-order valence-corrected chi connectivity index (χ2v) is 4.97. The number of halogens is 1. The fourth-order valence-electron chi connectivity index (χ4n) is 1.56. The Hall–Kier alpha value is -1.06. The Balaban J connectivity index is 2.44. The summed E-state index contributed by atoms with van der Waals surface area (Å²) in [5.41, 5.74) is 1.01. The van der Waals surface area contributed by atoms with Gasteiger partial charge in [0.2, 0.25) is 5.91 Å². The minimum atomic E-state index is -0.0325. The first-order valence-corrected chi connectivity index (χ1v) is 6.69. The van der Waals surface area contributed by atoms with Gasteiger partial charge in [0, 0.05) is 11.1 Å². The van der Waals surface area contributed by atoms with Crippen LogP contribution in [0.15, 0.2) is 24.3 Å². The van der Waals surface area contributed by atoms with Crippen LogP contribution in [0.1, 0.15) is 38.8 Å².